The van der Waals surface area contributed by atoms with Crippen LogP contribution in [0.15, 0.2) is 35.3 Å². The molecule has 0 radical (unpaired) electrons. The van der Waals surface area contributed by atoms with Crippen molar-refractivity contribution in [1.82, 2.24) is 14.8 Å². The van der Waals surface area contributed by atoms with E-state index >= 15 is 0 Å². The first-order valence-electron chi connectivity index (χ1n) is 8.91. The monoisotopic (exact) mass is 340 g/mol. The predicted molar refractivity (Wildman–Crippen MR) is 98.9 cm³/mol. The first-order chi connectivity index (χ1) is 12.0. The number of pyridine rings is 1. The molecule has 0 saturated carbocycles. The van der Waals surface area contributed by atoms with Crippen LogP contribution in [-0.4, -0.2) is 40.7 Å². The molecule has 2 bridgehead atoms. The van der Waals surface area contributed by atoms with Gasteiger partial charge in [-0.3, -0.25) is 4.79 Å². The Kier molecular flexibility index (Phi) is 4.00. The maximum atomic E-state index is 12.5. The van der Waals surface area contributed by atoms with E-state index in [0.29, 0.717) is 23.2 Å². The van der Waals surface area contributed by atoms with Crippen molar-refractivity contribution in [3.05, 3.63) is 40.8 Å². The van der Waals surface area contributed by atoms with Crippen LogP contribution in [0.4, 0.5) is 10.5 Å². The summed E-state index contributed by atoms with van der Waals surface area (Å²) in [5, 5.41) is 7.43. The minimum absolute atomic E-state index is 0.0616. The molecule has 2 aliphatic heterocycles. The van der Waals surface area contributed by atoms with Crippen LogP contribution in [0.2, 0.25) is 0 Å². The number of urea groups is 1. The third kappa shape index (κ3) is 2.91. The Hall–Kier alpha value is -2.34. The van der Waals surface area contributed by atoms with E-state index in [0.717, 1.165) is 18.2 Å². The standard InChI is InChI=1S/C19H24N4O2/c1-22-9-8-15-16(18(22)24)4-3-5-17(15)21-19(25)20-12-10-13-6-7-14(11-12)23(13)2/h3-5,8-9,12-14H,6-7,10-11H2,1-2H3,(H2,20,21,25). The Bertz CT molecular complexity index is 861. The summed E-state index contributed by atoms with van der Waals surface area (Å²) < 4.78 is 1.54. The van der Waals surface area contributed by atoms with E-state index in [-0.39, 0.29) is 17.6 Å². The predicted octanol–water partition coefficient (Wildman–Crippen LogP) is 2.29. The van der Waals surface area contributed by atoms with Crippen molar-refractivity contribution in [2.45, 2.75) is 43.8 Å². The van der Waals surface area contributed by atoms with Crippen molar-refractivity contribution in [3.8, 4) is 0 Å². The average Bonchev–Trinajstić information content (AvgIpc) is 2.80. The lowest BCUT2D eigenvalue weighted by Gasteiger charge is -2.36. The highest BCUT2D eigenvalue weighted by atomic mass is 16.2. The van der Waals surface area contributed by atoms with Crippen LogP contribution in [0, 0.1) is 0 Å². The summed E-state index contributed by atoms with van der Waals surface area (Å²) in [5.74, 6) is 0. The number of carbonyl (C=O) groups excluding carboxylic acids is 1. The van der Waals surface area contributed by atoms with Gasteiger partial charge in [-0.15, -0.1) is 0 Å². The number of aromatic nitrogens is 1. The van der Waals surface area contributed by atoms with Gasteiger partial charge in [0.25, 0.3) is 5.56 Å². The van der Waals surface area contributed by atoms with E-state index in [4.69, 9.17) is 0 Å². The molecule has 2 saturated heterocycles. The third-order valence-electron chi connectivity index (χ3n) is 5.80. The summed E-state index contributed by atoms with van der Waals surface area (Å²) in [6.45, 7) is 0. The molecular formula is C19H24N4O2. The Balaban J connectivity index is 1.49. The SMILES string of the molecule is CN1C2CCC1CC(NC(=O)Nc1cccc3c(=O)n(C)ccc13)C2. The zero-order valence-corrected chi connectivity index (χ0v) is 14.7. The minimum Gasteiger partial charge on any atom is -0.335 e. The number of piperidine rings is 1. The number of aryl methyl sites for hydroxylation is 1. The van der Waals surface area contributed by atoms with Crippen molar-refractivity contribution in [2.75, 3.05) is 12.4 Å². The van der Waals surface area contributed by atoms with Gasteiger partial charge in [-0.2, -0.15) is 0 Å². The number of carbonyl (C=O) groups is 1. The van der Waals surface area contributed by atoms with Gasteiger partial charge >= 0.3 is 6.03 Å². The van der Waals surface area contributed by atoms with Gasteiger partial charge in [0.15, 0.2) is 0 Å². The third-order valence-corrected chi connectivity index (χ3v) is 5.80. The molecule has 2 unspecified atom stereocenters. The molecule has 6 heteroatoms. The van der Waals surface area contributed by atoms with Gasteiger partial charge in [0.1, 0.15) is 0 Å². The lowest BCUT2D eigenvalue weighted by Crippen LogP contribution is -2.49. The van der Waals surface area contributed by atoms with Crippen LogP contribution in [0.1, 0.15) is 25.7 Å². The van der Waals surface area contributed by atoms with Crippen LogP contribution in [0.3, 0.4) is 0 Å². The summed E-state index contributed by atoms with van der Waals surface area (Å²) in [6.07, 6.45) is 6.20. The average molecular weight is 340 g/mol. The van der Waals surface area contributed by atoms with Gasteiger partial charge < -0.3 is 20.1 Å². The normalized spacial score (nSPS) is 25.9. The first-order valence-corrected chi connectivity index (χ1v) is 8.91. The summed E-state index contributed by atoms with van der Waals surface area (Å²) in [7, 11) is 3.91. The summed E-state index contributed by atoms with van der Waals surface area (Å²) in [6, 6.07) is 8.49. The topological polar surface area (TPSA) is 66.4 Å². The number of nitrogens with one attached hydrogen (secondary N) is 2. The van der Waals surface area contributed by atoms with Gasteiger partial charge in [0.05, 0.1) is 5.69 Å². The number of anilines is 1. The molecule has 0 spiro atoms. The lowest BCUT2D eigenvalue weighted by atomic mass is 9.98. The van der Waals surface area contributed by atoms with Crippen LogP contribution >= 0.6 is 0 Å². The molecule has 0 aliphatic carbocycles. The zero-order valence-electron chi connectivity index (χ0n) is 14.7. The highest BCUT2D eigenvalue weighted by Gasteiger charge is 2.38. The molecule has 132 valence electrons. The Labute approximate surface area is 146 Å². The van der Waals surface area contributed by atoms with Crippen LogP contribution in [-0.2, 0) is 7.05 Å². The van der Waals surface area contributed by atoms with Gasteiger partial charge in [-0.05, 0) is 50.9 Å². The van der Waals surface area contributed by atoms with Gasteiger partial charge in [0, 0.05) is 42.1 Å². The van der Waals surface area contributed by atoms with Gasteiger partial charge in [0.2, 0.25) is 0 Å². The molecule has 4 rings (SSSR count). The molecular weight excluding hydrogens is 316 g/mol. The summed E-state index contributed by atoms with van der Waals surface area (Å²) in [4.78, 5) is 27.2. The highest BCUT2D eigenvalue weighted by Crippen LogP contribution is 2.34. The fourth-order valence-electron chi connectivity index (χ4n) is 4.36. The number of amides is 2. The Morgan fingerprint density at radius 3 is 2.52 bits per heavy atom. The fraction of sp³-hybridized carbons (Fsp3) is 0.474. The van der Waals surface area contributed by atoms with Crippen molar-refractivity contribution in [1.29, 1.82) is 0 Å². The number of hydrogen-bond acceptors (Lipinski definition) is 3. The Morgan fingerprint density at radius 2 is 1.80 bits per heavy atom. The summed E-state index contributed by atoms with van der Waals surface area (Å²) in [5.41, 5.74) is 0.608. The van der Waals surface area contributed by atoms with Crippen LogP contribution in [0.25, 0.3) is 10.8 Å². The lowest BCUT2D eigenvalue weighted by molar-refractivity contribution is 0.151. The van der Waals surface area contributed by atoms with Crippen molar-refractivity contribution in [3.63, 3.8) is 0 Å². The second kappa shape index (κ2) is 6.19. The molecule has 1 aromatic heterocycles. The van der Waals surface area contributed by atoms with Crippen molar-refractivity contribution >= 4 is 22.5 Å². The van der Waals surface area contributed by atoms with Crippen molar-refractivity contribution in [2.24, 2.45) is 7.05 Å². The van der Waals surface area contributed by atoms with E-state index in [1.807, 2.05) is 12.1 Å². The van der Waals surface area contributed by atoms with Gasteiger partial charge in [-0.25, -0.2) is 4.79 Å². The number of nitrogens with zero attached hydrogens (tertiary/aromatic N) is 2. The molecule has 3 heterocycles. The second-order valence-corrected chi connectivity index (χ2v) is 7.32. The van der Waals surface area contributed by atoms with Crippen LogP contribution in [0.5, 0.6) is 0 Å². The summed E-state index contributed by atoms with van der Waals surface area (Å²) >= 11 is 0. The number of fused-ring (bicyclic) bond motifs is 3. The highest BCUT2D eigenvalue weighted by molar-refractivity contribution is 6.01. The van der Waals surface area contributed by atoms with Crippen molar-refractivity contribution < 1.29 is 4.79 Å². The largest absolute Gasteiger partial charge is 0.335 e. The maximum absolute atomic E-state index is 12.5. The molecule has 2 amide bonds. The molecule has 6 nitrogen and oxygen atoms in total. The molecule has 2 aromatic rings. The van der Waals surface area contributed by atoms with E-state index < -0.39 is 0 Å². The maximum Gasteiger partial charge on any atom is 0.319 e. The Morgan fingerprint density at radius 1 is 1.08 bits per heavy atom. The molecule has 1 aromatic carbocycles. The minimum atomic E-state index is -0.192. The quantitative estimate of drug-likeness (QED) is 0.881. The number of hydrogen-bond donors (Lipinski definition) is 2. The number of benzene rings is 1. The van der Waals surface area contributed by atoms with E-state index in [1.54, 1.807) is 29.9 Å². The zero-order chi connectivity index (χ0) is 17.6. The number of rotatable bonds is 2. The first kappa shape index (κ1) is 16.1. The van der Waals surface area contributed by atoms with E-state index in [9.17, 15) is 9.59 Å². The molecule has 2 aliphatic rings. The van der Waals surface area contributed by atoms with Gasteiger partial charge in [-0.1, -0.05) is 6.07 Å². The fourth-order valence-corrected chi connectivity index (χ4v) is 4.36. The molecule has 25 heavy (non-hydrogen) atoms. The van der Waals surface area contributed by atoms with E-state index in [1.165, 1.54) is 12.8 Å². The van der Waals surface area contributed by atoms with Crippen LogP contribution < -0.4 is 16.2 Å². The van der Waals surface area contributed by atoms with E-state index in [2.05, 4.69) is 22.6 Å². The molecule has 2 N–H and O–H groups in total. The molecule has 2 fully saturated rings. The smallest absolute Gasteiger partial charge is 0.319 e. The second-order valence-electron chi connectivity index (χ2n) is 7.32. The molecule has 2 atom stereocenters.